The summed E-state index contributed by atoms with van der Waals surface area (Å²) < 4.78 is 0. The fourth-order valence-electron chi connectivity index (χ4n) is 1.60. The molecule has 2 rings (SSSR count). The van der Waals surface area contributed by atoms with Crippen LogP contribution in [0.4, 0.5) is 0 Å². The zero-order chi connectivity index (χ0) is 13.8. The average molecular weight is 276 g/mol. The average Bonchev–Trinajstić information content (AvgIpc) is 2.88. The normalized spacial score (nSPS) is 11.8. The van der Waals surface area contributed by atoms with Crippen LogP contribution < -0.4 is 5.32 Å². The molecular weight excluding hydrogens is 264 g/mol. The Kier molecular flexibility index (Phi) is 3.91. The smallest absolute Gasteiger partial charge is 0.331 e. The van der Waals surface area contributed by atoms with Crippen LogP contribution in [-0.2, 0) is 4.79 Å². The molecule has 2 heterocycles. The van der Waals surface area contributed by atoms with Gasteiger partial charge >= 0.3 is 5.97 Å². The first kappa shape index (κ1) is 13.2. The first-order chi connectivity index (χ1) is 9.08. The minimum absolute atomic E-state index is 0.350. The summed E-state index contributed by atoms with van der Waals surface area (Å²) in [6, 6.07) is 4.05. The van der Waals surface area contributed by atoms with Crippen LogP contribution in [0.15, 0.2) is 36.0 Å². The Hall–Kier alpha value is -2.21. The van der Waals surface area contributed by atoms with Gasteiger partial charge in [-0.15, -0.1) is 11.3 Å². The molecule has 1 atom stereocenters. The number of aromatic nitrogens is 1. The zero-order valence-electron chi connectivity index (χ0n) is 10.2. The molecule has 0 aliphatic heterocycles. The summed E-state index contributed by atoms with van der Waals surface area (Å²) in [5.74, 6) is -1.53. The molecule has 0 radical (unpaired) electrons. The fourth-order valence-corrected chi connectivity index (χ4v) is 2.37. The number of aliphatic carboxylic acids is 1. The van der Waals surface area contributed by atoms with Crippen molar-refractivity contribution >= 4 is 23.2 Å². The lowest BCUT2D eigenvalue weighted by atomic mass is 10.2. The van der Waals surface area contributed by atoms with E-state index in [0.717, 1.165) is 5.56 Å². The highest BCUT2D eigenvalue weighted by Crippen LogP contribution is 2.19. The molecule has 2 aromatic rings. The number of nitrogens with one attached hydrogen (secondary N) is 1. The second-order valence-electron chi connectivity index (χ2n) is 4.01. The first-order valence-corrected chi connectivity index (χ1v) is 6.44. The Morgan fingerprint density at radius 2 is 2.21 bits per heavy atom. The van der Waals surface area contributed by atoms with Gasteiger partial charge in [0, 0.05) is 17.3 Å². The Morgan fingerprint density at radius 1 is 1.42 bits per heavy atom. The summed E-state index contributed by atoms with van der Waals surface area (Å²) in [5.41, 5.74) is 1.19. The number of pyridine rings is 1. The van der Waals surface area contributed by atoms with Crippen LogP contribution in [0.25, 0.3) is 0 Å². The highest BCUT2D eigenvalue weighted by molar-refractivity contribution is 7.10. The topological polar surface area (TPSA) is 79.3 Å². The number of amides is 1. The van der Waals surface area contributed by atoms with E-state index in [1.54, 1.807) is 29.8 Å². The lowest BCUT2D eigenvalue weighted by Gasteiger charge is -2.12. The number of hydrogen-bond acceptors (Lipinski definition) is 4. The van der Waals surface area contributed by atoms with Gasteiger partial charge in [-0.3, -0.25) is 9.78 Å². The van der Waals surface area contributed by atoms with E-state index in [1.807, 2.05) is 6.92 Å². The highest BCUT2D eigenvalue weighted by atomic mass is 32.1. The van der Waals surface area contributed by atoms with Crippen molar-refractivity contribution in [2.45, 2.75) is 13.0 Å². The lowest BCUT2D eigenvalue weighted by molar-refractivity contribution is -0.139. The van der Waals surface area contributed by atoms with E-state index in [2.05, 4.69) is 10.3 Å². The quantitative estimate of drug-likeness (QED) is 0.895. The molecule has 2 N–H and O–H groups in total. The van der Waals surface area contributed by atoms with E-state index >= 15 is 0 Å². The van der Waals surface area contributed by atoms with Crippen molar-refractivity contribution in [2.75, 3.05) is 0 Å². The van der Waals surface area contributed by atoms with Crippen molar-refractivity contribution in [3.8, 4) is 0 Å². The summed E-state index contributed by atoms with van der Waals surface area (Å²) in [6.07, 6.45) is 3.04. The number of nitrogens with zero attached hydrogens (tertiary/aromatic N) is 1. The first-order valence-electron chi connectivity index (χ1n) is 5.56. The minimum atomic E-state index is -1.09. The van der Waals surface area contributed by atoms with E-state index in [0.29, 0.717) is 10.4 Å². The van der Waals surface area contributed by atoms with Gasteiger partial charge in [-0.05, 0) is 30.0 Å². The van der Waals surface area contributed by atoms with Gasteiger partial charge in [0.25, 0.3) is 5.91 Å². The molecule has 1 amide bonds. The van der Waals surface area contributed by atoms with Crippen molar-refractivity contribution in [2.24, 2.45) is 0 Å². The lowest BCUT2D eigenvalue weighted by Crippen LogP contribution is -2.33. The third kappa shape index (κ3) is 3.17. The molecule has 1 unspecified atom stereocenters. The largest absolute Gasteiger partial charge is 0.479 e. The van der Waals surface area contributed by atoms with Crippen LogP contribution in [0.2, 0.25) is 0 Å². The van der Waals surface area contributed by atoms with Crippen LogP contribution in [0.1, 0.15) is 26.8 Å². The Morgan fingerprint density at radius 3 is 2.79 bits per heavy atom. The van der Waals surface area contributed by atoms with Crippen molar-refractivity contribution in [3.63, 3.8) is 0 Å². The summed E-state index contributed by atoms with van der Waals surface area (Å²) in [7, 11) is 0. The van der Waals surface area contributed by atoms with Crippen molar-refractivity contribution < 1.29 is 14.7 Å². The molecule has 19 heavy (non-hydrogen) atoms. The van der Waals surface area contributed by atoms with E-state index in [4.69, 9.17) is 0 Å². The molecule has 0 aromatic carbocycles. The molecule has 6 heteroatoms. The van der Waals surface area contributed by atoms with Crippen LogP contribution in [-0.4, -0.2) is 22.0 Å². The number of carboxylic acids is 1. The third-order valence-corrected chi connectivity index (χ3v) is 3.42. The maximum atomic E-state index is 12.0. The number of thiophene rings is 1. The second kappa shape index (κ2) is 5.62. The third-order valence-electron chi connectivity index (χ3n) is 2.49. The fraction of sp³-hybridized carbons (Fsp3) is 0.154. The van der Waals surface area contributed by atoms with Gasteiger partial charge in [-0.25, -0.2) is 4.79 Å². The number of carboxylic acid groups (broad SMARTS) is 1. The number of carbonyl (C=O) groups excluding carboxylic acids is 1. The summed E-state index contributed by atoms with van der Waals surface area (Å²) in [6.45, 7) is 1.82. The summed E-state index contributed by atoms with van der Waals surface area (Å²) in [5, 5.41) is 13.4. The zero-order valence-corrected chi connectivity index (χ0v) is 11.0. The second-order valence-corrected chi connectivity index (χ2v) is 4.99. The molecule has 0 saturated carbocycles. The molecule has 0 fully saturated rings. The van der Waals surface area contributed by atoms with E-state index in [-0.39, 0.29) is 0 Å². The Labute approximate surface area is 113 Å². The van der Waals surface area contributed by atoms with Crippen molar-refractivity contribution in [1.29, 1.82) is 0 Å². The number of carbonyl (C=O) groups is 2. The maximum Gasteiger partial charge on any atom is 0.331 e. The molecule has 98 valence electrons. The van der Waals surface area contributed by atoms with Gasteiger partial charge in [-0.2, -0.15) is 0 Å². The Bertz CT molecular complexity index is 596. The van der Waals surface area contributed by atoms with Gasteiger partial charge in [0.15, 0.2) is 6.04 Å². The van der Waals surface area contributed by atoms with Crippen LogP contribution in [0.5, 0.6) is 0 Å². The van der Waals surface area contributed by atoms with E-state index in [9.17, 15) is 14.7 Å². The predicted octanol–water partition coefficient (Wildman–Crippen LogP) is 2.01. The van der Waals surface area contributed by atoms with Crippen LogP contribution in [0, 0.1) is 6.92 Å². The monoisotopic (exact) mass is 276 g/mol. The summed E-state index contributed by atoms with van der Waals surface area (Å²) in [4.78, 5) is 27.7. The van der Waals surface area contributed by atoms with Gasteiger partial charge in [-0.1, -0.05) is 6.07 Å². The van der Waals surface area contributed by atoms with Gasteiger partial charge in [0.1, 0.15) is 0 Å². The SMILES string of the molecule is Cc1cncc(C(=O)NC(C(=O)O)c2cccs2)c1. The number of aryl methyl sites for hydroxylation is 1. The maximum absolute atomic E-state index is 12.0. The molecule has 2 aromatic heterocycles. The van der Waals surface area contributed by atoms with Crippen LogP contribution >= 0.6 is 11.3 Å². The van der Waals surface area contributed by atoms with Gasteiger partial charge in [0.05, 0.1) is 5.56 Å². The van der Waals surface area contributed by atoms with Gasteiger partial charge in [0.2, 0.25) is 0 Å². The molecule has 5 nitrogen and oxygen atoms in total. The number of rotatable bonds is 4. The van der Waals surface area contributed by atoms with Crippen LogP contribution in [0.3, 0.4) is 0 Å². The molecule has 0 aliphatic rings. The number of hydrogen-bond donors (Lipinski definition) is 2. The Balaban J connectivity index is 2.19. The van der Waals surface area contributed by atoms with Crippen molar-refractivity contribution in [1.82, 2.24) is 10.3 Å². The molecule has 0 aliphatic carbocycles. The summed E-state index contributed by atoms with van der Waals surface area (Å²) >= 11 is 1.29. The molecule has 0 saturated heterocycles. The molecular formula is C13H12N2O3S. The predicted molar refractivity (Wildman–Crippen MR) is 71.1 cm³/mol. The highest BCUT2D eigenvalue weighted by Gasteiger charge is 2.23. The van der Waals surface area contributed by atoms with Crippen molar-refractivity contribution in [3.05, 3.63) is 52.0 Å². The molecule has 0 bridgehead atoms. The van der Waals surface area contributed by atoms with Gasteiger partial charge < -0.3 is 10.4 Å². The van der Waals surface area contributed by atoms with E-state index in [1.165, 1.54) is 17.5 Å². The minimum Gasteiger partial charge on any atom is -0.479 e. The standard InChI is InChI=1S/C13H12N2O3S/c1-8-5-9(7-14-6-8)12(16)15-11(13(17)18)10-3-2-4-19-10/h2-7,11H,1H3,(H,15,16)(H,17,18). The molecule has 0 spiro atoms. The van der Waals surface area contributed by atoms with E-state index < -0.39 is 17.9 Å².